The summed E-state index contributed by atoms with van der Waals surface area (Å²) in [4.78, 5) is 23.0. The monoisotopic (exact) mass is 370 g/mol. The highest BCUT2D eigenvalue weighted by Crippen LogP contribution is 2.14. The van der Waals surface area contributed by atoms with Crippen molar-refractivity contribution in [1.82, 2.24) is 10.6 Å². The molecular formula is C21H26N2O4. The number of amides is 2. The fourth-order valence-electron chi connectivity index (χ4n) is 2.82. The molecule has 6 nitrogen and oxygen atoms in total. The van der Waals surface area contributed by atoms with Crippen LogP contribution in [0, 0.1) is 0 Å². The summed E-state index contributed by atoms with van der Waals surface area (Å²) in [6, 6.07) is 18.3. The minimum absolute atomic E-state index is 0.00942. The molecule has 0 saturated heterocycles. The number of carboxylic acids is 1. The molecule has 0 fully saturated rings. The largest absolute Gasteiger partial charge is 0.481 e. The van der Waals surface area contributed by atoms with Crippen molar-refractivity contribution in [2.24, 2.45) is 0 Å². The third-order valence-electron chi connectivity index (χ3n) is 4.25. The molecule has 0 aliphatic carbocycles. The summed E-state index contributed by atoms with van der Waals surface area (Å²) in [7, 11) is 0. The standard InChI is InChI=1S/C21H26N2O4/c24-19(17-9-5-2-6-10-17)13-14-22-21(27)23-18(11-12-20(25)26)15-16-7-3-1-4-8-16/h1-10,18-19,24H,11-15H2,(H,25,26)(H2,22,23,27). The second kappa shape index (κ2) is 11.0. The quantitative estimate of drug-likeness (QED) is 0.517. The summed E-state index contributed by atoms with van der Waals surface area (Å²) in [5.74, 6) is -0.888. The molecule has 0 radical (unpaired) electrons. The third kappa shape index (κ3) is 7.92. The second-order valence-corrected chi connectivity index (χ2v) is 6.43. The topological polar surface area (TPSA) is 98.7 Å². The van der Waals surface area contributed by atoms with Crippen molar-refractivity contribution >= 4 is 12.0 Å². The number of aliphatic hydroxyl groups is 1. The van der Waals surface area contributed by atoms with Crippen LogP contribution in [0.25, 0.3) is 0 Å². The molecule has 2 atom stereocenters. The first-order valence-electron chi connectivity index (χ1n) is 9.07. The maximum Gasteiger partial charge on any atom is 0.315 e. The molecule has 0 bridgehead atoms. The number of benzene rings is 2. The van der Waals surface area contributed by atoms with Crippen molar-refractivity contribution in [2.75, 3.05) is 6.54 Å². The second-order valence-electron chi connectivity index (χ2n) is 6.43. The van der Waals surface area contributed by atoms with Gasteiger partial charge in [-0.25, -0.2) is 4.79 Å². The van der Waals surface area contributed by atoms with Gasteiger partial charge in [0.25, 0.3) is 0 Å². The Hall–Kier alpha value is -2.86. The maximum absolute atomic E-state index is 12.2. The molecule has 0 aliphatic rings. The Morgan fingerprint density at radius 1 is 0.926 bits per heavy atom. The molecule has 144 valence electrons. The molecule has 2 unspecified atom stereocenters. The summed E-state index contributed by atoms with van der Waals surface area (Å²) in [5.41, 5.74) is 1.84. The highest BCUT2D eigenvalue weighted by atomic mass is 16.4. The summed E-state index contributed by atoms with van der Waals surface area (Å²) in [6.45, 7) is 0.318. The number of carboxylic acid groups (broad SMARTS) is 1. The Balaban J connectivity index is 1.80. The molecule has 2 amide bonds. The number of aliphatic carboxylic acids is 1. The number of aliphatic hydroxyl groups excluding tert-OH is 1. The Labute approximate surface area is 159 Å². The van der Waals surface area contributed by atoms with E-state index in [-0.39, 0.29) is 18.5 Å². The molecule has 2 aromatic rings. The summed E-state index contributed by atoms with van der Waals surface area (Å²) in [6.07, 6.45) is 0.664. The first-order chi connectivity index (χ1) is 13.0. The molecule has 2 aromatic carbocycles. The van der Waals surface area contributed by atoms with Crippen molar-refractivity contribution in [3.8, 4) is 0 Å². The molecule has 27 heavy (non-hydrogen) atoms. The average molecular weight is 370 g/mol. The Bertz CT molecular complexity index is 707. The Kier molecular flexibility index (Phi) is 8.32. The molecule has 0 saturated carbocycles. The minimum atomic E-state index is -0.888. The van der Waals surface area contributed by atoms with Gasteiger partial charge in [-0.1, -0.05) is 60.7 Å². The number of hydrogen-bond acceptors (Lipinski definition) is 3. The van der Waals surface area contributed by atoms with Gasteiger partial charge < -0.3 is 20.8 Å². The van der Waals surface area contributed by atoms with Crippen molar-refractivity contribution < 1.29 is 19.8 Å². The first-order valence-corrected chi connectivity index (χ1v) is 9.07. The predicted octanol–water partition coefficient (Wildman–Crippen LogP) is 2.89. The smallest absolute Gasteiger partial charge is 0.315 e. The van der Waals surface area contributed by atoms with E-state index in [1.807, 2.05) is 60.7 Å². The van der Waals surface area contributed by atoms with Crippen molar-refractivity contribution in [2.45, 2.75) is 37.8 Å². The van der Waals surface area contributed by atoms with E-state index in [9.17, 15) is 14.7 Å². The van der Waals surface area contributed by atoms with Crippen LogP contribution in [0.5, 0.6) is 0 Å². The van der Waals surface area contributed by atoms with Gasteiger partial charge in [0.2, 0.25) is 0 Å². The number of hydrogen-bond donors (Lipinski definition) is 4. The van der Waals surface area contributed by atoms with Crippen LogP contribution in [0.1, 0.15) is 36.5 Å². The zero-order valence-corrected chi connectivity index (χ0v) is 15.2. The van der Waals surface area contributed by atoms with Crippen LogP contribution in [0.2, 0.25) is 0 Å². The van der Waals surface area contributed by atoms with Crippen LogP contribution in [0.3, 0.4) is 0 Å². The lowest BCUT2D eigenvalue weighted by molar-refractivity contribution is -0.137. The van der Waals surface area contributed by atoms with Crippen LogP contribution in [0.15, 0.2) is 60.7 Å². The van der Waals surface area contributed by atoms with E-state index >= 15 is 0 Å². The molecule has 6 heteroatoms. The van der Waals surface area contributed by atoms with Crippen molar-refractivity contribution in [1.29, 1.82) is 0 Å². The van der Waals surface area contributed by atoms with E-state index in [4.69, 9.17) is 5.11 Å². The van der Waals surface area contributed by atoms with Gasteiger partial charge in [-0.15, -0.1) is 0 Å². The number of nitrogens with one attached hydrogen (secondary N) is 2. The van der Waals surface area contributed by atoms with Gasteiger partial charge in [0, 0.05) is 19.0 Å². The lowest BCUT2D eigenvalue weighted by atomic mass is 10.0. The fraction of sp³-hybridized carbons (Fsp3) is 0.333. The Morgan fingerprint density at radius 3 is 2.19 bits per heavy atom. The summed E-state index contributed by atoms with van der Waals surface area (Å²) < 4.78 is 0. The van der Waals surface area contributed by atoms with Crippen LogP contribution >= 0.6 is 0 Å². The molecule has 0 heterocycles. The van der Waals surface area contributed by atoms with E-state index < -0.39 is 12.1 Å². The zero-order chi connectivity index (χ0) is 19.5. The predicted molar refractivity (Wildman–Crippen MR) is 103 cm³/mol. The number of carbonyl (C=O) groups is 2. The van der Waals surface area contributed by atoms with Crippen molar-refractivity contribution in [3.63, 3.8) is 0 Å². The number of carbonyl (C=O) groups excluding carboxylic acids is 1. The van der Waals surface area contributed by atoms with E-state index in [2.05, 4.69) is 10.6 Å². The van der Waals surface area contributed by atoms with Crippen LogP contribution in [-0.4, -0.2) is 34.8 Å². The summed E-state index contributed by atoms with van der Waals surface area (Å²) in [5, 5.41) is 24.6. The normalized spacial score (nSPS) is 12.8. The zero-order valence-electron chi connectivity index (χ0n) is 15.2. The van der Waals surface area contributed by atoms with Gasteiger partial charge in [-0.2, -0.15) is 0 Å². The molecular weight excluding hydrogens is 344 g/mol. The lowest BCUT2D eigenvalue weighted by Crippen LogP contribution is -2.43. The van der Waals surface area contributed by atoms with Gasteiger partial charge in [0.1, 0.15) is 0 Å². The summed E-state index contributed by atoms with van der Waals surface area (Å²) >= 11 is 0. The van der Waals surface area contributed by atoms with Crippen LogP contribution < -0.4 is 10.6 Å². The highest BCUT2D eigenvalue weighted by Gasteiger charge is 2.15. The number of rotatable bonds is 10. The SMILES string of the molecule is O=C(O)CCC(Cc1ccccc1)NC(=O)NCCC(O)c1ccccc1. The van der Waals surface area contributed by atoms with E-state index in [0.29, 0.717) is 25.8 Å². The highest BCUT2D eigenvalue weighted by molar-refractivity contribution is 5.74. The van der Waals surface area contributed by atoms with Crippen molar-refractivity contribution in [3.05, 3.63) is 71.8 Å². The van der Waals surface area contributed by atoms with E-state index in [1.165, 1.54) is 0 Å². The maximum atomic E-state index is 12.2. The first kappa shape index (κ1) is 20.5. The molecule has 0 aromatic heterocycles. The fourth-order valence-corrected chi connectivity index (χ4v) is 2.82. The van der Waals surface area contributed by atoms with Gasteiger partial charge in [-0.3, -0.25) is 4.79 Å². The van der Waals surface area contributed by atoms with Gasteiger partial charge in [0.05, 0.1) is 6.10 Å². The van der Waals surface area contributed by atoms with Gasteiger partial charge in [0.15, 0.2) is 0 Å². The molecule has 2 rings (SSSR count). The molecule has 4 N–H and O–H groups in total. The van der Waals surface area contributed by atoms with E-state index in [1.54, 1.807) is 0 Å². The number of urea groups is 1. The third-order valence-corrected chi connectivity index (χ3v) is 4.25. The van der Waals surface area contributed by atoms with Gasteiger partial charge >= 0.3 is 12.0 Å². The molecule has 0 spiro atoms. The Morgan fingerprint density at radius 2 is 1.56 bits per heavy atom. The minimum Gasteiger partial charge on any atom is -0.481 e. The lowest BCUT2D eigenvalue weighted by Gasteiger charge is -2.19. The van der Waals surface area contributed by atoms with E-state index in [0.717, 1.165) is 11.1 Å². The molecule has 0 aliphatic heterocycles. The van der Waals surface area contributed by atoms with Crippen LogP contribution in [-0.2, 0) is 11.2 Å². The average Bonchev–Trinajstić information content (AvgIpc) is 2.67. The van der Waals surface area contributed by atoms with Crippen LogP contribution in [0.4, 0.5) is 4.79 Å². The van der Waals surface area contributed by atoms with Gasteiger partial charge in [-0.05, 0) is 30.4 Å².